The molecular weight excluding hydrogens is 326 g/mol. The van der Waals surface area contributed by atoms with Gasteiger partial charge >= 0.3 is 6.01 Å². The highest BCUT2D eigenvalue weighted by molar-refractivity contribution is 5.20. The van der Waals surface area contributed by atoms with Crippen LogP contribution in [-0.2, 0) is 6.42 Å². The Balaban J connectivity index is 1.32. The number of nitrogens with zero attached hydrogens (tertiary/aromatic N) is 3. The van der Waals surface area contributed by atoms with E-state index in [0.717, 1.165) is 6.54 Å². The Labute approximate surface area is 155 Å². The van der Waals surface area contributed by atoms with Crippen molar-refractivity contribution in [2.24, 2.45) is 11.7 Å². The van der Waals surface area contributed by atoms with Gasteiger partial charge in [0.2, 0.25) is 5.89 Å². The van der Waals surface area contributed by atoms with Crippen molar-refractivity contribution < 1.29 is 4.42 Å². The summed E-state index contributed by atoms with van der Waals surface area (Å²) >= 11 is 0. The topological polar surface area (TPSA) is 80.2 Å². The van der Waals surface area contributed by atoms with E-state index in [2.05, 4.69) is 32.5 Å². The summed E-state index contributed by atoms with van der Waals surface area (Å²) in [6, 6.07) is 11.1. The molecule has 4 rings (SSSR count). The van der Waals surface area contributed by atoms with Crippen LogP contribution in [0.4, 0.5) is 6.01 Å². The predicted molar refractivity (Wildman–Crippen MR) is 102 cm³/mol. The van der Waals surface area contributed by atoms with Crippen LogP contribution >= 0.6 is 0 Å². The molecular formula is C20H29N5O. The van der Waals surface area contributed by atoms with Crippen molar-refractivity contribution >= 4 is 6.01 Å². The second-order valence-electron chi connectivity index (χ2n) is 7.62. The monoisotopic (exact) mass is 355 g/mol. The predicted octanol–water partition coefficient (Wildman–Crippen LogP) is 2.99. The minimum Gasteiger partial charge on any atom is -0.406 e. The molecule has 2 saturated heterocycles. The van der Waals surface area contributed by atoms with Crippen molar-refractivity contribution in [3.8, 4) is 0 Å². The quantitative estimate of drug-likeness (QED) is 0.829. The van der Waals surface area contributed by atoms with Crippen molar-refractivity contribution in [2.75, 3.05) is 25.0 Å². The zero-order valence-electron chi connectivity index (χ0n) is 15.3. The minimum absolute atomic E-state index is 0.274. The lowest BCUT2D eigenvalue weighted by molar-refractivity contribution is 0.0647. The van der Waals surface area contributed by atoms with E-state index in [4.69, 9.17) is 10.2 Å². The number of nitrogens with one attached hydrogen (secondary N) is 1. The molecule has 3 N–H and O–H groups in total. The van der Waals surface area contributed by atoms with Gasteiger partial charge in [0.05, 0.1) is 6.04 Å². The number of aromatic nitrogens is 2. The van der Waals surface area contributed by atoms with E-state index in [1.807, 2.05) is 18.2 Å². The van der Waals surface area contributed by atoms with Crippen LogP contribution in [0.2, 0.25) is 0 Å². The van der Waals surface area contributed by atoms with Crippen LogP contribution in [0.25, 0.3) is 0 Å². The number of hydrogen-bond donors (Lipinski definition) is 2. The van der Waals surface area contributed by atoms with Crippen LogP contribution in [0, 0.1) is 5.92 Å². The largest absolute Gasteiger partial charge is 0.406 e. The molecule has 0 spiro atoms. The van der Waals surface area contributed by atoms with Gasteiger partial charge in [-0.15, -0.1) is 5.10 Å². The fourth-order valence-electron chi connectivity index (χ4n) is 4.44. The summed E-state index contributed by atoms with van der Waals surface area (Å²) in [6.45, 7) is 3.43. The lowest BCUT2D eigenvalue weighted by atomic mass is 9.83. The Hall–Kier alpha value is -1.92. The van der Waals surface area contributed by atoms with Gasteiger partial charge in [0.1, 0.15) is 0 Å². The molecule has 2 aliphatic rings. The zero-order valence-corrected chi connectivity index (χ0v) is 15.3. The summed E-state index contributed by atoms with van der Waals surface area (Å²) in [7, 11) is 0. The molecule has 0 amide bonds. The van der Waals surface area contributed by atoms with Gasteiger partial charge in [-0.3, -0.25) is 0 Å². The van der Waals surface area contributed by atoms with Gasteiger partial charge in [-0.1, -0.05) is 41.9 Å². The number of benzene rings is 1. The number of rotatable bonds is 6. The third-order valence-electron chi connectivity index (χ3n) is 5.80. The molecule has 2 aliphatic heterocycles. The Morgan fingerprint density at radius 3 is 2.85 bits per heavy atom. The van der Waals surface area contributed by atoms with E-state index in [1.54, 1.807) is 0 Å². The van der Waals surface area contributed by atoms with E-state index in [9.17, 15) is 0 Å². The van der Waals surface area contributed by atoms with Crippen molar-refractivity contribution in [3.05, 3.63) is 41.8 Å². The van der Waals surface area contributed by atoms with Gasteiger partial charge in [0, 0.05) is 12.6 Å². The maximum atomic E-state index is 6.24. The van der Waals surface area contributed by atoms with Crippen LogP contribution in [-0.4, -0.2) is 40.8 Å². The summed E-state index contributed by atoms with van der Waals surface area (Å²) < 4.78 is 5.77. The van der Waals surface area contributed by atoms with Crippen LogP contribution < -0.4 is 11.1 Å². The number of fused-ring (bicyclic) bond motifs is 1. The van der Waals surface area contributed by atoms with E-state index in [-0.39, 0.29) is 6.04 Å². The van der Waals surface area contributed by atoms with Gasteiger partial charge in [0.15, 0.2) is 0 Å². The average Bonchev–Trinajstić information content (AvgIpc) is 3.16. The molecule has 26 heavy (non-hydrogen) atoms. The van der Waals surface area contributed by atoms with Crippen LogP contribution in [0.3, 0.4) is 0 Å². The van der Waals surface area contributed by atoms with Gasteiger partial charge < -0.3 is 20.4 Å². The first kappa shape index (κ1) is 17.5. The second-order valence-corrected chi connectivity index (χ2v) is 7.62. The molecule has 1 aromatic carbocycles. The van der Waals surface area contributed by atoms with Gasteiger partial charge in [-0.2, -0.15) is 0 Å². The second kappa shape index (κ2) is 8.18. The van der Waals surface area contributed by atoms with E-state index >= 15 is 0 Å². The van der Waals surface area contributed by atoms with Crippen LogP contribution in [0.1, 0.15) is 49.6 Å². The third-order valence-corrected chi connectivity index (χ3v) is 5.80. The number of nitrogens with two attached hydrogens (primary N) is 1. The molecule has 0 radical (unpaired) electrons. The van der Waals surface area contributed by atoms with Crippen molar-refractivity contribution in [2.45, 2.75) is 50.6 Å². The maximum absolute atomic E-state index is 6.24. The first-order chi connectivity index (χ1) is 12.8. The van der Waals surface area contributed by atoms with E-state index in [1.165, 1.54) is 50.8 Å². The van der Waals surface area contributed by atoms with Gasteiger partial charge in [-0.25, -0.2) is 0 Å². The third kappa shape index (κ3) is 4.07. The number of hydrogen-bond acceptors (Lipinski definition) is 6. The molecule has 0 saturated carbocycles. The molecule has 140 valence electrons. The van der Waals surface area contributed by atoms with Crippen LogP contribution in [0.5, 0.6) is 0 Å². The van der Waals surface area contributed by atoms with E-state index in [0.29, 0.717) is 30.3 Å². The molecule has 3 heterocycles. The highest BCUT2D eigenvalue weighted by Gasteiger charge is 2.32. The maximum Gasteiger partial charge on any atom is 0.315 e. The first-order valence-corrected chi connectivity index (χ1v) is 9.90. The molecule has 1 aromatic heterocycles. The molecule has 0 unspecified atom stereocenters. The van der Waals surface area contributed by atoms with Gasteiger partial charge in [-0.05, 0) is 56.7 Å². The van der Waals surface area contributed by atoms with E-state index < -0.39 is 0 Å². The lowest BCUT2D eigenvalue weighted by Gasteiger charge is -2.44. The Kier molecular flexibility index (Phi) is 5.51. The summed E-state index contributed by atoms with van der Waals surface area (Å²) in [4.78, 5) is 2.67. The summed E-state index contributed by atoms with van der Waals surface area (Å²) in [5.41, 5.74) is 7.41. The number of piperidine rings is 2. The Bertz CT molecular complexity index is 687. The summed E-state index contributed by atoms with van der Waals surface area (Å²) in [5.74, 6) is 1.16. The average molecular weight is 355 g/mol. The normalized spacial score (nSPS) is 24.8. The molecule has 0 bridgehead atoms. The number of anilines is 1. The zero-order chi connectivity index (χ0) is 17.8. The molecule has 3 atom stereocenters. The Morgan fingerprint density at radius 2 is 1.96 bits per heavy atom. The lowest BCUT2D eigenvalue weighted by Crippen LogP contribution is -2.49. The molecule has 2 aromatic rings. The smallest absolute Gasteiger partial charge is 0.315 e. The SMILES string of the molecule is N[C@H](Cc1ccccc1)c1nnc(NC[C@@H]2CCCN3CCCC[C@H]23)o1. The minimum atomic E-state index is -0.274. The summed E-state index contributed by atoms with van der Waals surface area (Å²) in [5, 5.41) is 11.7. The highest BCUT2D eigenvalue weighted by atomic mass is 16.4. The fourth-order valence-corrected chi connectivity index (χ4v) is 4.44. The van der Waals surface area contributed by atoms with Crippen LogP contribution in [0.15, 0.2) is 34.7 Å². The molecule has 6 heteroatoms. The van der Waals surface area contributed by atoms with Gasteiger partial charge in [0.25, 0.3) is 0 Å². The molecule has 0 aliphatic carbocycles. The summed E-state index contributed by atoms with van der Waals surface area (Å²) in [6.07, 6.45) is 7.30. The fraction of sp³-hybridized carbons (Fsp3) is 0.600. The first-order valence-electron chi connectivity index (χ1n) is 9.90. The molecule has 6 nitrogen and oxygen atoms in total. The van der Waals surface area contributed by atoms with Crippen molar-refractivity contribution in [1.29, 1.82) is 0 Å². The van der Waals surface area contributed by atoms with Crippen molar-refractivity contribution in [1.82, 2.24) is 15.1 Å². The van der Waals surface area contributed by atoms with Crippen molar-refractivity contribution in [3.63, 3.8) is 0 Å². The Morgan fingerprint density at radius 1 is 1.12 bits per heavy atom. The standard InChI is InChI=1S/C20H29N5O/c21-17(13-15-7-2-1-3-8-15)19-23-24-20(26-19)22-14-16-9-6-12-25-11-5-4-10-18(16)25/h1-3,7-8,16-18H,4-6,9-14,21H2,(H,22,24)/t16-,17+,18+/m0/s1. The molecule has 2 fully saturated rings. The highest BCUT2D eigenvalue weighted by Crippen LogP contribution is 2.31.